The Bertz CT molecular complexity index is 2780. The van der Waals surface area contributed by atoms with Crippen LogP contribution in [0.2, 0.25) is 0 Å². The van der Waals surface area contributed by atoms with Gasteiger partial charge in [-0.25, -0.2) is 19.6 Å². The Morgan fingerprint density at radius 1 is 0.704 bits per heavy atom. The quantitative estimate of drug-likeness (QED) is 0.0610. The number of ether oxygens (including phenoxy) is 1. The number of thiazole rings is 2. The predicted octanol–water partition coefficient (Wildman–Crippen LogP) is 11.6. The minimum Gasteiger partial charge on any atom is -0.444 e. The summed E-state index contributed by atoms with van der Waals surface area (Å²) in [4.78, 5) is 59.0. The summed E-state index contributed by atoms with van der Waals surface area (Å²) in [5, 5.41) is 9.29. The van der Waals surface area contributed by atoms with Gasteiger partial charge in [-0.1, -0.05) is 166 Å². The highest BCUT2D eigenvalue weighted by Gasteiger charge is 2.39. The number of urea groups is 1. The van der Waals surface area contributed by atoms with E-state index in [1.165, 1.54) is 11.3 Å². The van der Waals surface area contributed by atoms with Gasteiger partial charge in [0.2, 0.25) is 0 Å². The van der Waals surface area contributed by atoms with E-state index in [-0.39, 0.29) is 55.7 Å². The molecule has 3 heterocycles. The van der Waals surface area contributed by atoms with E-state index in [9.17, 15) is 9.59 Å². The van der Waals surface area contributed by atoms with E-state index >= 15 is 4.79 Å². The Kier molecular flexibility index (Phi) is 17.4. The number of carbonyl (C=O) groups excluding carboxylic acids is 3. The fourth-order valence-corrected chi connectivity index (χ4v) is 10.5. The van der Waals surface area contributed by atoms with E-state index in [1.54, 1.807) is 35.0 Å². The number of imidazole rings is 1. The van der Waals surface area contributed by atoms with E-state index in [0.717, 1.165) is 43.4 Å². The molecule has 5 aromatic carbocycles. The van der Waals surface area contributed by atoms with Crippen LogP contribution in [0.15, 0.2) is 181 Å². The fourth-order valence-electron chi connectivity index (χ4n) is 9.20. The molecule has 11 nitrogen and oxygen atoms in total. The fraction of sp³-hybridized carbons (Fsp3) is 0.276. The summed E-state index contributed by atoms with van der Waals surface area (Å²) in [7, 11) is 1.73. The average molecular weight is 984 g/mol. The molecule has 0 bridgehead atoms. The SMILES string of the molecule is CC(C)c1nc(CN(C)C(=O)N[C@@H](Cc2cn(C(c3ccccc3)(c3ccccc3)c3ccccc3)cn2)C(=O)C[C@H](CC[C@H](Cc2ccccc2)NC(=O)OCc2cncs2)Cc2ccccc2)cs1. The number of benzene rings is 5. The summed E-state index contributed by atoms with van der Waals surface area (Å²) in [6.07, 6.45) is 7.82. The summed E-state index contributed by atoms with van der Waals surface area (Å²) in [5.74, 6) is 0.0459. The molecule has 2 N–H and O–H groups in total. The number of hydrogen-bond acceptors (Lipinski definition) is 9. The molecule has 0 aliphatic rings. The monoisotopic (exact) mass is 983 g/mol. The van der Waals surface area contributed by atoms with Gasteiger partial charge in [-0.2, -0.15) is 0 Å². The molecule has 13 heteroatoms. The number of aromatic nitrogens is 4. The maximum absolute atomic E-state index is 15.1. The van der Waals surface area contributed by atoms with Crippen LogP contribution < -0.4 is 10.6 Å². The molecule has 3 atom stereocenters. The predicted molar refractivity (Wildman–Crippen MR) is 282 cm³/mol. The van der Waals surface area contributed by atoms with Crippen molar-refractivity contribution >= 4 is 40.6 Å². The number of hydrogen-bond donors (Lipinski definition) is 2. The zero-order valence-corrected chi connectivity index (χ0v) is 42.1. The molecule has 0 radical (unpaired) electrons. The normalized spacial score (nSPS) is 12.7. The van der Waals surface area contributed by atoms with Crippen molar-refractivity contribution in [1.29, 1.82) is 0 Å². The van der Waals surface area contributed by atoms with E-state index in [1.807, 2.05) is 109 Å². The number of nitrogens with one attached hydrogen (secondary N) is 2. The number of carbonyl (C=O) groups is 3. The van der Waals surface area contributed by atoms with Crippen LogP contribution in [0.1, 0.15) is 88.1 Å². The number of ketones is 1. The van der Waals surface area contributed by atoms with Gasteiger partial charge in [0.25, 0.3) is 0 Å². The van der Waals surface area contributed by atoms with Crippen LogP contribution in [0.25, 0.3) is 0 Å². The molecule has 71 heavy (non-hydrogen) atoms. The first kappa shape index (κ1) is 50.2. The van der Waals surface area contributed by atoms with E-state index < -0.39 is 17.7 Å². The topological polar surface area (TPSA) is 131 Å². The molecule has 0 saturated carbocycles. The second-order valence-corrected chi connectivity index (χ2v) is 20.2. The zero-order valence-electron chi connectivity index (χ0n) is 40.5. The first-order valence-electron chi connectivity index (χ1n) is 24.2. The van der Waals surface area contributed by atoms with Gasteiger partial charge >= 0.3 is 12.1 Å². The van der Waals surface area contributed by atoms with Crippen LogP contribution in [0, 0.1) is 5.92 Å². The minimum absolute atomic E-state index is 0.102. The van der Waals surface area contributed by atoms with Crippen molar-refractivity contribution in [3.05, 3.63) is 230 Å². The minimum atomic E-state index is -0.909. The Balaban J connectivity index is 1.09. The van der Waals surface area contributed by atoms with Gasteiger partial charge in [0, 0.05) is 49.6 Å². The van der Waals surface area contributed by atoms with Crippen LogP contribution >= 0.6 is 22.7 Å². The van der Waals surface area contributed by atoms with Crippen molar-refractivity contribution < 1.29 is 19.1 Å². The van der Waals surface area contributed by atoms with Gasteiger partial charge in [0.05, 0.1) is 45.7 Å². The second kappa shape index (κ2) is 24.6. The third kappa shape index (κ3) is 13.4. The van der Waals surface area contributed by atoms with Crippen LogP contribution in [0.3, 0.4) is 0 Å². The van der Waals surface area contributed by atoms with Gasteiger partial charge < -0.3 is 24.8 Å². The van der Waals surface area contributed by atoms with Gasteiger partial charge in [-0.05, 0) is 59.4 Å². The Morgan fingerprint density at radius 3 is 1.83 bits per heavy atom. The van der Waals surface area contributed by atoms with Crippen molar-refractivity contribution in [2.45, 2.75) is 89.1 Å². The molecule has 3 aromatic heterocycles. The summed E-state index contributed by atoms with van der Waals surface area (Å²) < 4.78 is 7.76. The molecular formula is C58H61N7O4S2. The lowest BCUT2D eigenvalue weighted by Crippen LogP contribution is -2.48. The standard InChI is InChI=1S/C58H61N7O4S2/c1-42(2)55-61-51(39-70-55)36-64(3)56(67)63-53(34-50-37-65(40-60-50)58(46-23-13-6-14-24-46,47-25-15-7-16-26-47)48-27-17-8-18-28-48)54(66)33-45(31-43-19-9-4-10-20-43)29-30-49(32-44-21-11-5-12-22-44)62-57(68)69-38-52-35-59-41-71-52/h4-28,35,37,39-42,45,49,53H,29-34,36,38H2,1-3H3,(H,62,68)(H,63,67)/t45-,49-,53+/m1/s1. The third-order valence-electron chi connectivity index (χ3n) is 12.8. The van der Waals surface area contributed by atoms with Gasteiger partial charge in [-0.3, -0.25) is 9.78 Å². The smallest absolute Gasteiger partial charge is 0.407 e. The highest BCUT2D eigenvalue weighted by molar-refractivity contribution is 7.09. The molecular weight excluding hydrogens is 923 g/mol. The van der Waals surface area contributed by atoms with E-state index in [0.29, 0.717) is 31.4 Å². The molecule has 0 saturated heterocycles. The van der Waals surface area contributed by atoms with E-state index in [4.69, 9.17) is 14.7 Å². The van der Waals surface area contributed by atoms with Gasteiger partial charge in [0.15, 0.2) is 5.78 Å². The van der Waals surface area contributed by atoms with Gasteiger partial charge in [-0.15, -0.1) is 22.7 Å². The number of amides is 3. The van der Waals surface area contributed by atoms with Crippen molar-refractivity contribution in [3.63, 3.8) is 0 Å². The summed E-state index contributed by atoms with van der Waals surface area (Å²) in [6.45, 7) is 4.63. The lowest BCUT2D eigenvalue weighted by Gasteiger charge is -2.37. The van der Waals surface area contributed by atoms with Gasteiger partial charge in [0.1, 0.15) is 12.1 Å². The third-order valence-corrected chi connectivity index (χ3v) is 14.7. The highest BCUT2D eigenvalue weighted by Crippen LogP contribution is 2.41. The Hall–Kier alpha value is -7.22. The number of rotatable bonds is 23. The van der Waals surface area contributed by atoms with Crippen LogP contribution in [0.4, 0.5) is 9.59 Å². The van der Waals surface area contributed by atoms with Crippen LogP contribution in [-0.4, -0.2) is 61.5 Å². The Labute approximate surface area is 425 Å². The molecule has 0 aliphatic heterocycles. The summed E-state index contributed by atoms with van der Waals surface area (Å²) in [6, 6.07) is 49.8. The lowest BCUT2D eigenvalue weighted by atomic mass is 9.77. The molecule has 0 aliphatic carbocycles. The maximum atomic E-state index is 15.1. The van der Waals surface area contributed by atoms with E-state index in [2.05, 4.69) is 94.7 Å². The van der Waals surface area contributed by atoms with Crippen LogP contribution in [-0.2, 0) is 47.5 Å². The maximum Gasteiger partial charge on any atom is 0.407 e. The highest BCUT2D eigenvalue weighted by atomic mass is 32.1. The van der Waals surface area contributed by atoms with Crippen LogP contribution in [0.5, 0.6) is 0 Å². The number of nitrogens with zero attached hydrogens (tertiary/aromatic N) is 5. The molecule has 0 unspecified atom stereocenters. The molecule has 0 fully saturated rings. The lowest BCUT2D eigenvalue weighted by molar-refractivity contribution is -0.121. The van der Waals surface area contributed by atoms with Crippen molar-refractivity contribution in [3.8, 4) is 0 Å². The van der Waals surface area contributed by atoms with Crippen molar-refractivity contribution in [2.24, 2.45) is 5.92 Å². The number of alkyl carbamates (subject to hydrolysis) is 1. The molecule has 8 rings (SSSR count). The number of Topliss-reactive ketones (excluding diaryl/α,β-unsaturated/α-hetero) is 1. The average Bonchev–Trinajstić information content (AvgIpc) is 4.21. The van der Waals surface area contributed by atoms with Crippen molar-refractivity contribution in [1.82, 2.24) is 35.1 Å². The summed E-state index contributed by atoms with van der Waals surface area (Å²) >= 11 is 3.02. The summed E-state index contributed by atoms with van der Waals surface area (Å²) in [5.41, 5.74) is 7.67. The van der Waals surface area contributed by atoms with Crippen molar-refractivity contribution in [2.75, 3.05) is 7.05 Å². The first-order chi connectivity index (χ1) is 34.6. The Morgan fingerprint density at radius 2 is 1.28 bits per heavy atom. The largest absolute Gasteiger partial charge is 0.444 e. The first-order valence-corrected chi connectivity index (χ1v) is 26.0. The molecule has 3 amide bonds. The molecule has 364 valence electrons. The second-order valence-electron chi connectivity index (χ2n) is 18.4. The molecule has 0 spiro atoms. The molecule has 8 aromatic rings. The zero-order chi connectivity index (χ0) is 49.4.